The zero-order valence-electron chi connectivity index (χ0n) is 11.8. The van der Waals surface area contributed by atoms with E-state index in [1.165, 1.54) is 0 Å². The normalized spacial score (nSPS) is 13.8. The maximum atomic E-state index is 4.57. The number of nitrogens with zero attached hydrogens (tertiary/aromatic N) is 2. The van der Waals surface area contributed by atoms with Crippen LogP contribution in [0.25, 0.3) is 10.9 Å². The van der Waals surface area contributed by atoms with Crippen LogP contribution in [0.5, 0.6) is 0 Å². The van der Waals surface area contributed by atoms with E-state index < -0.39 is 0 Å². The molecule has 1 aromatic carbocycles. The Morgan fingerprint density at radius 2 is 1.90 bits per heavy atom. The van der Waals surface area contributed by atoms with E-state index in [9.17, 15) is 0 Å². The standard InChI is InChI=1S/C15H19N5.HI/c1-2-5-13-12(4-1)6-7-14(20-13)16-10-11-19-15-17-8-3-9-18-15;/h1-2,4-7H,3,8-11H2,(H,16,20)(H2,17,18,19);1H. The molecule has 2 aromatic rings. The van der Waals surface area contributed by atoms with Gasteiger partial charge in [0.15, 0.2) is 5.96 Å². The number of guanidine groups is 1. The number of rotatable bonds is 4. The second-order valence-electron chi connectivity index (χ2n) is 4.75. The van der Waals surface area contributed by atoms with Crippen LogP contribution in [0.2, 0.25) is 0 Å². The molecule has 112 valence electrons. The maximum absolute atomic E-state index is 4.57. The lowest BCUT2D eigenvalue weighted by atomic mass is 10.2. The van der Waals surface area contributed by atoms with Crippen LogP contribution in [0.1, 0.15) is 6.42 Å². The molecule has 0 saturated carbocycles. The van der Waals surface area contributed by atoms with Crippen molar-refractivity contribution in [3.8, 4) is 0 Å². The molecule has 1 aromatic heterocycles. The highest BCUT2D eigenvalue weighted by Crippen LogP contribution is 2.13. The minimum Gasteiger partial charge on any atom is -0.368 e. The fraction of sp³-hybridized carbons (Fsp3) is 0.333. The van der Waals surface area contributed by atoms with Crippen LogP contribution >= 0.6 is 24.0 Å². The Morgan fingerprint density at radius 1 is 1.05 bits per heavy atom. The van der Waals surface area contributed by atoms with Crippen LogP contribution in [0.4, 0.5) is 5.82 Å². The fourth-order valence-corrected chi connectivity index (χ4v) is 2.19. The second kappa shape index (κ2) is 8.02. The summed E-state index contributed by atoms with van der Waals surface area (Å²) in [5.41, 5.74) is 1.02. The van der Waals surface area contributed by atoms with Gasteiger partial charge in [-0.3, -0.25) is 4.99 Å². The van der Waals surface area contributed by atoms with Crippen molar-refractivity contribution in [2.45, 2.75) is 6.42 Å². The number of aliphatic imine (C=N–C) groups is 1. The largest absolute Gasteiger partial charge is 0.368 e. The molecule has 1 aliphatic rings. The summed E-state index contributed by atoms with van der Waals surface area (Å²) in [4.78, 5) is 8.94. The molecule has 0 radical (unpaired) electrons. The molecule has 0 aliphatic carbocycles. The summed E-state index contributed by atoms with van der Waals surface area (Å²) in [6, 6.07) is 12.2. The number of aromatic nitrogens is 1. The minimum atomic E-state index is 0. The molecule has 0 bridgehead atoms. The van der Waals surface area contributed by atoms with Crippen molar-refractivity contribution in [1.82, 2.24) is 15.6 Å². The van der Waals surface area contributed by atoms with Gasteiger partial charge in [-0.15, -0.1) is 24.0 Å². The Kier molecular flexibility index (Phi) is 6.04. The van der Waals surface area contributed by atoms with Gasteiger partial charge in [0.2, 0.25) is 0 Å². The van der Waals surface area contributed by atoms with Gasteiger partial charge in [-0.05, 0) is 24.6 Å². The first-order chi connectivity index (χ1) is 9.92. The quantitative estimate of drug-likeness (QED) is 0.547. The van der Waals surface area contributed by atoms with Gasteiger partial charge >= 0.3 is 0 Å². The monoisotopic (exact) mass is 397 g/mol. The molecule has 21 heavy (non-hydrogen) atoms. The van der Waals surface area contributed by atoms with Crippen molar-refractivity contribution in [3.63, 3.8) is 0 Å². The van der Waals surface area contributed by atoms with Crippen LogP contribution in [-0.4, -0.2) is 37.1 Å². The first kappa shape index (κ1) is 15.8. The third kappa shape index (κ3) is 4.45. The molecule has 5 nitrogen and oxygen atoms in total. The van der Waals surface area contributed by atoms with Crippen molar-refractivity contribution in [3.05, 3.63) is 36.4 Å². The zero-order chi connectivity index (χ0) is 13.6. The fourth-order valence-electron chi connectivity index (χ4n) is 2.19. The topological polar surface area (TPSA) is 61.3 Å². The van der Waals surface area contributed by atoms with Gasteiger partial charge in [-0.25, -0.2) is 4.98 Å². The van der Waals surface area contributed by atoms with E-state index in [1.807, 2.05) is 24.3 Å². The van der Waals surface area contributed by atoms with E-state index in [0.29, 0.717) is 0 Å². The molecule has 3 N–H and O–H groups in total. The molecule has 0 atom stereocenters. The number of anilines is 1. The molecule has 1 aliphatic heterocycles. The molecular formula is C15H20IN5. The number of hydrogen-bond acceptors (Lipinski definition) is 5. The van der Waals surface area contributed by atoms with Crippen LogP contribution < -0.4 is 16.0 Å². The number of fused-ring (bicyclic) bond motifs is 1. The molecule has 3 rings (SSSR count). The first-order valence-corrected chi connectivity index (χ1v) is 7.04. The third-order valence-corrected chi connectivity index (χ3v) is 3.22. The van der Waals surface area contributed by atoms with Crippen molar-refractivity contribution in [2.24, 2.45) is 4.99 Å². The van der Waals surface area contributed by atoms with Gasteiger partial charge in [0, 0.05) is 31.6 Å². The number of benzene rings is 1. The lowest BCUT2D eigenvalue weighted by Crippen LogP contribution is -2.42. The van der Waals surface area contributed by atoms with Crippen LogP contribution in [0.15, 0.2) is 41.4 Å². The van der Waals surface area contributed by atoms with Gasteiger partial charge in [-0.2, -0.15) is 0 Å². The van der Waals surface area contributed by atoms with Crippen molar-refractivity contribution >= 4 is 46.7 Å². The highest BCUT2D eigenvalue weighted by Gasteiger charge is 2.02. The van der Waals surface area contributed by atoms with Crippen LogP contribution in [0, 0.1) is 0 Å². The van der Waals surface area contributed by atoms with Crippen LogP contribution in [-0.2, 0) is 0 Å². The van der Waals surface area contributed by atoms with E-state index in [-0.39, 0.29) is 24.0 Å². The first-order valence-electron chi connectivity index (χ1n) is 7.04. The van der Waals surface area contributed by atoms with E-state index in [1.54, 1.807) is 0 Å². The highest BCUT2D eigenvalue weighted by atomic mass is 127. The highest BCUT2D eigenvalue weighted by molar-refractivity contribution is 14.0. The summed E-state index contributed by atoms with van der Waals surface area (Å²) in [5, 5.41) is 11.0. The number of hydrogen-bond donors (Lipinski definition) is 3. The van der Waals surface area contributed by atoms with Gasteiger partial charge in [0.25, 0.3) is 0 Å². The molecule has 0 fully saturated rings. The van der Waals surface area contributed by atoms with Gasteiger partial charge in [0.05, 0.1) is 5.52 Å². The Hall–Kier alpha value is -1.57. The van der Waals surface area contributed by atoms with Crippen LogP contribution in [0.3, 0.4) is 0 Å². The smallest absolute Gasteiger partial charge is 0.191 e. The van der Waals surface area contributed by atoms with Gasteiger partial charge in [-0.1, -0.05) is 18.2 Å². The van der Waals surface area contributed by atoms with E-state index in [4.69, 9.17) is 0 Å². The number of halogens is 1. The predicted octanol–water partition coefficient (Wildman–Crippen LogP) is 2.20. The van der Waals surface area contributed by atoms with E-state index in [0.717, 1.165) is 55.3 Å². The van der Waals surface area contributed by atoms with Crippen molar-refractivity contribution in [1.29, 1.82) is 0 Å². The Bertz CT molecular complexity index is 614. The maximum Gasteiger partial charge on any atom is 0.191 e. The van der Waals surface area contributed by atoms with Crippen molar-refractivity contribution < 1.29 is 0 Å². The molecule has 6 heteroatoms. The summed E-state index contributed by atoms with van der Waals surface area (Å²) in [7, 11) is 0. The zero-order valence-corrected chi connectivity index (χ0v) is 14.1. The average Bonchev–Trinajstić information content (AvgIpc) is 2.52. The van der Waals surface area contributed by atoms with E-state index >= 15 is 0 Å². The Labute approximate surface area is 141 Å². The summed E-state index contributed by atoms with van der Waals surface area (Å²) in [5.74, 6) is 1.81. The summed E-state index contributed by atoms with van der Waals surface area (Å²) in [6.07, 6.45) is 1.12. The Balaban J connectivity index is 0.00000161. The molecule has 0 amide bonds. The van der Waals surface area contributed by atoms with Gasteiger partial charge in [0.1, 0.15) is 5.82 Å². The molecular weight excluding hydrogens is 377 g/mol. The average molecular weight is 397 g/mol. The third-order valence-electron chi connectivity index (χ3n) is 3.22. The lowest BCUT2D eigenvalue weighted by Gasteiger charge is -2.16. The van der Waals surface area contributed by atoms with E-state index in [2.05, 4.69) is 38.1 Å². The summed E-state index contributed by atoms with van der Waals surface area (Å²) in [6.45, 7) is 3.55. The Morgan fingerprint density at radius 3 is 2.76 bits per heavy atom. The minimum absolute atomic E-state index is 0. The number of para-hydroxylation sites is 1. The molecule has 0 unspecified atom stereocenters. The second-order valence-corrected chi connectivity index (χ2v) is 4.75. The number of pyridine rings is 1. The molecule has 0 spiro atoms. The molecule has 0 saturated heterocycles. The predicted molar refractivity (Wildman–Crippen MR) is 98.6 cm³/mol. The SMILES string of the molecule is I.c1ccc2nc(NCCNC3=NCCCN3)ccc2c1. The van der Waals surface area contributed by atoms with Crippen molar-refractivity contribution in [2.75, 3.05) is 31.5 Å². The number of nitrogens with one attached hydrogen (secondary N) is 3. The molecule has 2 heterocycles. The summed E-state index contributed by atoms with van der Waals surface area (Å²) < 4.78 is 0. The van der Waals surface area contributed by atoms with Gasteiger partial charge < -0.3 is 16.0 Å². The lowest BCUT2D eigenvalue weighted by molar-refractivity contribution is 0.705. The summed E-state index contributed by atoms with van der Waals surface area (Å²) >= 11 is 0.